The fraction of sp³-hybridized carbons (Fsp3) is 0.579. The molecular weight excluding hydrogens is 348 g/mol. The van der Waals surface area contributed by atoms with Crippen molar-refractivity contribution < 1.29 is 14.5 Å². The summed E-state index contributed by atoms with van der Waals surface area (Å²) in [6.07, 6.45) is 1.24. The molecule has 0 aliphatic carbocycles. The summed E-state index contributed by atoms with van der Waals surface area (Å²) in [6.45, 7) is 7.34. The molecule has 27 heavy (non-hydrogen) atoms. The van der Waals surface area contributed by atoms with Crippen LogP contribution in [0.3, 0.4) is 0 Å². The van der Waals surface area contributed by atoms with E-state index in [4.69, 9.17) is 0 Å². The van der Waals surface area contributed by atoms with Crippen molar-refractivity contribution in [3.63, 3.8) is 0 Å². The molecule has 148 valence electrons. The van der Waals surface area contributed by atoms with Crippen LogP contribution in [0.4, 0.5) is 11.4 Å². The molecular formula is C19H28N4O4. The van der Waals surface area contributed by atoms with Crippen molar-refractivity contribution in [2.45, 2.75) is 39.7 Å². The van der Waals surface area contributed by atoms with Crippen LogP contribution in [-0.4, -0.2) is 53.9 Å². The van der Waals surface area contributed by atoms with Crippen molar-refractivity contribution in [3.05, 3.63) is 34.4 Å². The van der Waals surface area contributed by atoms with E-state index in [1.54, 1.807) is 23.1 Å². The summed E-state index contributed by atoms with van der Waals surface area (Å²) in [7, 11) is 0. The maximum Gasteiger partial charge on any atom is 0.292 e. The Morgan fingerprint density at radius 3 is 2.48 bits per heavy atom. The van der Waals surface area contributed by atoms with Crippen LogP contribution in [0.2, 0.25) is 0 Å². The largest absolute Gasteiger partial charge is 0.366 e. The highest BCUT2D eigenvalue weighted by Gasteiger charge is 2.30. The number of likely N-dealkylation sites (N-methyl/N-ethyl adjacent to an activating group) is 1. The number of nitro groups is 1. The number of benzene rings is 1. The molecule has 1 aromatic carbocycles. The van der Waals surface area contributed by atoms with Crippen LogP contribution in [0.15, 0.2) is 24.3 Å². The summed E-state index contributed by atoms with van der Waals surface area (Å²) >= 11 is 0. The highest BCUT2D eigenvalue weighted by Crippen LogP contribution is 2.31. The van der Waals surface area contributed by atoms with Crippen molar-refractivity contribution in [1.82, 2.24) is 10.2 Å². The topological polar surface area (TPSA) is 95.8 Å². The van der Waals surface area contributed by atoms with Gasteiger partial charge in [-0.15, -0.1) is 0 Å². The molecule has 2 rings (SSSR count). The Bertz CT molecular complexity index is 684. The lowest BCUT2D eigenvalue weighted by atomic mass is 9.94. The summed E-state index contributed by atoms with van der Waals surface area (Å²) in [5, 5.41) is 14.0. The molecule has 1 heterocycles. The van der Waals surface area contributed by atoms with Gasteiger partial charge in [0.05, 0.1) is 11.5 Å². The van der Waals surface area contributed by atoms with Gasteiger partial charge in [-0.2, -0.15) is 0 Å². The molecule has 8 nitrogen and oxygen atoms in total. The van der Waals surface area contributed by atoms with Crippen molar-refractivity contribution >= 4 is 23.2 Å². The Kier molecular flexibility index (Phi) is 7.15. The zero-order chi connectivity index (χ0) is 20.0. The molecule has 0 bridgehead atoms. The first-order valence-electron chi connectivity index (χ1n) is 9.40. The summed E-state index contributed by atoms with van der Waals surface area (Å²) in [5.41, 5.74) is 0.680. The van der Waals surface area contributed by atoms with Gasteiger partial charge in [-0.3, -0.25) is 19.7 Å². The first kappa shape index (κ1) is 20.7. The maximum absolute atomic E-state index is 12.8. The summed E-state index contributed by atoms with van der Waals surface area (Å²) in [4.78, 5) is 39.2. The normalized spacial score (nSPS) is 14.9. The number of nitrogens with one attached hydrogen (secondary N) is 1. The van der Waals surface area contributed by atoms with E-state index in [9.17, 15) is 19.7 Å². The van der Waals surface area contributed by atoms with Crippen LogP contribution in [-0.2, 0) is 9.59 Å². The monoisotopic (exact) mass is 376 g/mol. The van der Waals surface area contributed by atoms with Gasteiger partial charge in [0.25, 0.3) is 5.69 Å². The Hall–Kier alpha value is -2.64. The second-order valence-electron chi connectivity index (χ2n) is 7.08. The van der Waals surface area contributed by atoms with Gasteiger partial charge in [0.1, 0.15) is 5.69 Å². The number of amides is 2. The number of para-hydroxylation sites is 2. The first-order valence-corrected chi connectivity index (χ1v) is 9.40. The molecule has 1 aliphatic rings. The van der Waals surface area contributed by atoms with E-state index in [0.717, 1.165) is 0 Å². The van der Waals surface area contributed by atoms with Crippen molar-refractivity contribution in [1.29, 1.82) is 0 Å². The number of rotatable bonds is 7. The Morgan fingerprint density at radius 2 is 1.93 bits per heavy atom. The Labute approximate surface area is 159 Å². The van der Waals surface area contributed by atoms with Crippen LogP contribution in [0.5, 0.6) is 0 Å². The van der Waals surface area contributed by atoms with E-state index in [0.29, 0.717) is 38.2 Å². The number of hydrogen-bond acceptors (Lipinski definition) is 5. The minimum atomic E-state index is -0.376. The smallest absolute Gasteiger partial charge is 0.292 e. The fourth-order valence-corrected chi connectivity index (χ4v) is 3.40. The zero-order valence-electron chi connectivity index (χ0n) is 16.2. The lowest BCUT2D eigenvalue weighted by Gasteiger charge is -2.34. The number of anilines is 1. The van der Waals surface area contributed by atoms with Crippen molar-refractivity contribution in [2.24, 2.45) is 5.92 Å². The SMILES string of the molecule is CCN(CC(=O)NC(C)C)C(=O)C1CCN(c2ccccc2[N+](=O)[O-])CC1. The van der Waals surface area contributed by atoms with Crippen LogP contribution < -0.4 is 10.2 Å². The second kappa shape index (κ2) is 9.34. The molecule has 1 aliphatic heterocycles. The summed E-state index contributed by atoms with van der Waals surface area (Å²) in [5.74, 6) is -0.327. The third kappa shape index (κ3) is 5.42. The molecule has 0 spiro atoms. The molecule has 0 atom stereocenters. The van der Waals surface area contributed by atoms with Crippen LogP contribution in [0.1, 0.15) is 33.6 Å². The average Bonchev–Trinajstić information content (AvgIpc) is 2.65. The lowest BCUT2D eigenvalue weighted by Crippen LogP contribution is -2.47. The third-order valence-corrected chi connectivity index (χ3v) is 4.74. The van der Waals surface area contributed by atoms with Gasteiger partial charge in [-0.05, 0) is 39.7 Å². The van der Waals surface area contributed by atoms with Crippen LogP contribution in [0, 0.1) is 16.0 Å². The highest BCUT2D eigenvalue weighted by atomic mass is 16.6. The minimum absolute atomic E-state index is 0.0152. The molecule has 2 amide bonds. The molecule has 1 fully saturated rings. The van der Waals surface area contributed by atoms with Crippen molar-refractivity contribution in [3.8, 4) is 0 Å². The second-order valence-corrected chi connectivity index (χ2v) is 7.08. The first-order chi connectivity index (χ1) is 12.8. The van der Waals surface area contributed by atoms with Gasteiger partial charge in [-0.25, -0.2) is 0 Å². The van der Waals surface area contributed by atoms with Crippen molar-refractivity contribution in [2.75, 3.05) is 31.1 Å². The summed E-state index contributed by atoms with van der Waals surface area (Å²) < 4.78 is 0. The molecule has 0 unspecified atom stereocenters. The zero-order valence-corrected chi connectivity index (χ0v) is 16.2. The number of nitrogens with zero attached hydrogens (tertiary/aromatic N) is 3. The Balaban J connectivity index is 1.97. The van der Waals surface area contributed by atoms with Gasteiger partial charge in [0, 0.05) is 37.7 Å². The predicted octanol–water partition coefficient (Wildman–Crippen LogP) is 2.18. The van der Waals surface area contributed by atoms with E-state index in [2.05, 4.69) is 5.32 Å². The molecule has 1 aromatic rings. The van der Waals surface area contributed by atoms with Gasteiger partial charge in [0.2, 0.25) is 11.8 Å². The lowest BCUT2D eigenvalue weighted by molar-refractivity contribution is -0.384. The highest BCUT2D eigenvalue weighted by molar-refractivity contribution is 5.86. The molecule has 0 radical (unpaired) electrons. The van der Waals surface area contributed by atoms with Crippen LogP contribution >= 0.6 is 0 Å². The van der Waals surface area contributed by atoms with E-state index in [1.807, 2.05) is 25.7 Å². The number of nitro benzene ring substituents is 1. The quantitative estimate of drug-likeness (QED) is 0.581. The molecule has 1 N–H and O–H groups in total. The summed E-state index contributed by atoms with van der Waals surface area (Å²) in [6, 6.07) is 6.72. The average molecular weight is 376 g/mol. The molecule has 1 saturated heterocycles. The number of piperidine rings is 1. The van der Waals surface area contributed by atoms with Gasteiger partial charge in [0.15, 0.2) is 0 Å². The van der Waals surface area contributed by atoms with E-state index in [-0.39, 0.29) is 40.9 Å². The van der Waals surface area contributed by atoms with E-state index in [1.165, 1.54) is 6.07 Å². The molecule has 0 aromatic heterocycles. The van der Waals surface area contributed by atoms with E-state index >= 15 is 0 Å². The number of carbonyl (C=O) groups excluding carboxylic acids is 2. The van der Waals surface area contributed by atoms with Gasteiger partial charge < -0.3 is 15.1 Å². The molecule has 0 saturated carbocycles. The van der Waals surface area contributed by atoms with Gasteiger partial charge >= 0.3 is 0 Å². The third-order valence-electron chi connectivity index (χ3n) is 4.74. The van der Waals surface area contributed by atoms with Crippen LogP contribution in [0.25, 0.3) is 0 Å². The Morgan fingerprint density at radius 1 is 1.30 bits per heavy atom. The number of carbonyl (C=O) groups is 2. The molecule has 8 heteroatoms. The predicted molar refractivity (Wildman–Crippen MR) is 104 cm³/mol. The maximum atomic E-state index is 12.8. The van der Waals surface area contributed by atoms with E-state index < -0.39 is 0 Å². The number of hydrogen-bond donors (Lipinski definition) is 1. The van der Waals surface area contributed by atoms with Gasteiger partial charge in [-0.1, -0.05) is 12.1 Å². The fourth-order valence-electron chi connectivity index (χ4n) is 3.40. The minimum Gasteiger partial charge on any atom is -0.366 e. The standard InChI is InChI=1S/C19H28N4O4/c1-4-21(13-18(24)20-14(2)3)19(25)15-9-11-22(12-10-15)16-7-5-6-8-17(16)23(26)27/h5-8,14-15H,4,9-13H2,1-3H3,(H,20,24).